The zero-order valence-corrected chi connectivity index (χ0v) is 10.5. The van der Waals surface area contributed by atoms with Crippen LogP contribution in [0.2, 0.25) is 6.82 Å². The van der Waals surface area contributed by atoms with Gasteiger partial charge in [0.15, 0.2) is 0 Å². The minimum atomic E-state index is -1.03. The van der Waals surface area contributed by atoms with Crippen LogP contribution in [0.15, 0.2) is 30.3 Å². The van der Waals surface area contributed by atoms with Crippen molar-refractivity contribution in [3.63, 3.8) is 0 Å². The molecule has 0 radical (unpaired) electrons. The predicted molar refractivity (Wildman–Crippen MR) is 67.7 cm³/mol. The van der Waals surface area contributed by atoms with Gasteiger partial charge >= 0.3 is 7.05 Å². The van der Waals surface area contributed by atoms with Crippen LogP contribution >= 0.6 is 0 Å². The Labute approximate surface area is 107 Å². The number of carboxylic acids is 1. The highest BCUT2D eigenvalue weighted by molar-refractivity contribution is 6.45. The van der Waals surface area contributed by atoms with Crippen molar-refractivity contribution >= 4 is 13.0 Å². The lowest BCUT2D eigenvalue weighted by atomic mass is 9.74. The SMILES string of the molecule is CB(O)N1CC[C@H](c2ccccc2)[C@H](C(=O)[O-])C1. The largest absolute Gasteiger partial charge is 0.550 e. The molecule has 1 N–H and O–H groups in total. The quantitative estimate of drug-likeness (QED) is 0.759. The summed E-state index contributed by atoms with van der Waals surface area (Å²) in [7, 11) is -0.608. The van der Waals surface area contributed by atoms with Gasteiger partial charge in [-0.15, -0.1) is 0 Å². The molecule has 5 heteroatoms. The number of carboxylic acid groups (broad SMARTS) is 1. The molecular formula is C13H17BNO3-. The molecule has 1 saturated heterocycles. The van der Waals surface area contributed by atoms with Crippen LogP contribution in [-0.2, 0) is 4.79 Å². The normalized spacial score (nSPS) is 24.8. The molecule has 1 heterocycles. The molecule has 4 nitrogen and oxygen atoms in total. The summed E-state index contributed by atoms with van der Waals surface area (Å²) in [6, 6.07) is 9.67. The van der Waals surface area contributed by atoms with Gasteiger partial charge in [-0.3, -0.25) is 0 Å². The third kappa shape index (κ3) is 2.74. The molecule has 2 rings (SSSR count). The maximum Gasteiger partial charge on any atom is 0.376 e. The topological polar surface area (TPSA) is 63.6 Å². The Morgan fingerprint density at radius 3 is 2.67 bits per heavy atom. The van der Waals surface area contributed by atoms with E-state index in [1.54, 1.807) is 11.6 Å². The Kier molecular flexibility index (Phi) is 4.04. The van der Waals surface area contributed by atoms with Gasteiger partial charge in [-0.1, -0.05) is 30.3 Å². The van der Waals surface area contributed by atoms with Crippen LogP contribution in [0.1, 0.15) is 17.9 Å². The van der Waals surface area contributed by atoms with Crippen molar-refractivity contribution < 1.29 is 14.9 Å². The molecule has 0 aliphatic carbocycles. The van der Waals surface area contributed by atoms with Crippen molar-refractivity contribution in [3.8, 4) is 0 Å². The van der Waals surface area contributed by atoms with Crippen LogP contribution in [0.3, 0.4) is 0 Å². The lowest BCUT2D eigenvalue weighted by Gasteiger charge is -2.40. The van der Waals surface area contributed by atoms with E-state index in [1.165, 1.54) is 0 Å². The van der Waals surface area contributed by atoms with Gasteiger partial charge in [0, 0.05) is 11.9 Å². The maximum absolute atomic E-state index is 11.3. The minimum Gasteiger partial charge on any atom is -0.550 e. The second-order valence-electron chi connectivity index (χ2n) is 4.86. The lowest BCUT2D eigenvalue weighted by Crippen LogP contribution is -2.51. The Morgan fingerprint density at radius 1 is 1.44 bits per heavy atom. The summed E-state index contributed by atoms with van der Waals surface area (Å²) in [5.74, 6) is -1.61. The predicted octanol–water partition coefficient (Wildman–Crippen LogP) is -0.0477. The first-order chi connectivity index (χ1) is 8.59. The summed E-state index contributed by atoms with van der Waals surface area (Å²) in [5, 5.41) is 20.8. The fourth-order valence-electron chi connectivity index (χ4n) is 2.65. The summed E-state index contributed by atoms with van der Waals surface area (Å²) in [6.45, 7) is 2.72. The molecule has 0 unspecified atom stereocenters. The van der Waals surface area contributed by atoms with Crippen LogP contribution in [0.5, 0.6) is 0 Å². The molecule has 0 saturated carbocycles. The third-order valence-corrected chi connectivity index (χ3v) is 3.70. The summed E-state index contributed by atoms with van der Waals surface area (Å²) < 4.78 is 0. The van der Waals surface area contributed by atoms with Gasteiger partial charge in [0.25, 0.3) is 0 Å². The van der Waals surface area contributed by atoms with Crippen molar-refractivity contribution in [1.82, 2.24) is 4.81 Å². The number of benzene rings is 1. The number of hydrogen-bond donors (Lipinski definition) is 1. The van der Waals surface area contributed by atoms with Gasteiger partial charge in [-0.05, 0) is 37.8 Å². The van der Waals surface area contributed by atoms with Gasteiger partial charge in [0.2, 0.25) is 0 Å². The first kappa shape index (κ1) is 13.1. The molecule has 1 aromatic carbocycles. The van der Waals surface area contributed by atoms with E-state index in [4.69, 9.17) is 0 Å². The Hall–Kier alpha value is -1.33. The van der Waals surface area contributed by atoms with Gasteiger partial charge in [0.1, 0.15) is 0 Å². The van der Waals surface area contributed by atoms with Gasteiger partial charge < -0.3 is 19.7 Å². The number of carbonyl (C=O) groups is 1. The molecule has 1 aromatic rings. The Bertz CT molecular complexity index is 410. The van der Waals surface area contributed by atoms with E-state index in [9.17, 15) is 14.9 Å². The van der Waals surface area contributed by atoms with Crippen molar-refractivity contribution in [3.05, 3.63) is 35.9 Å². The number of piperidine rings is 1. The summed E-state index contributed by atoms with van der Waals surface area (Å²) in [4.78, 5) is 13.1. The van der Waals surface area contributed by atoms with Crippen LogP contribution in [0.25, 0.3) is 0 Å². The molecule has 96 valence electrons. The summed E-state index contributed by atoms with van der Waals surface area (Å²) >= 11 is 0. The van der Waals surface area contributed by atoms with Crippen LogP contribution in [0.4, 0.5) is 0 Å². The average Bonchev–Trinajstić information content (AvgIpc) is 2.39. The fraction of sp³-hybridized carbons (Fsp3) is 0.462. The number of rotatable bonds is 3. The third-order valence-electron chi connectivity index (χ3n) is 3.70. The number of aliphatic carboxylic acids is 1. The first-order valence-corrected chi connectivity index (χ1v) is 6.27. The van der Waals surface area contributed by atoms with E-state index in [-0.39, 0.29) is 5.92 Å². The standard InChI is InChI=1S/C13H18BNO3/c1-14(18)15-8-7-11(12(9-15)13(16)17)10-5-3-2-4-6-10/h2-6,11-12,18H,7-9H2,1H3,(H,16,17)/p-1/t11-,12-/m1/s1. The van der Waals surface area contributed by atoms with Gasteiger partial charge in [-0.25, -0.2) is 0 Å². The average molecular weight is 246 g/mol. The van der Waals surface area contributed by atoms with Crippen LogP contribution in [-0.4, -0.2) is 35.9 Å². The Balaban J connectivity index is 2.19. The van der Waals surface area contributed by atoms with E-state index in [2.05, 4.69) is 0 Å². The Morgan fingerprint density at radius 2 is 2.11 bits per heavy atom. The molecule has 0 aromatic heterocycles. The van der Waals surface area contributed by atoms with E-state index in [1.807, 2.05) is 30.3 Å². The second kappa shape index (κ2) is 5.54. The molecule has 1 aliphatic heterocycles. The van der Waals surface area contributed by atoms with E-state index in [0.717, 1.165) is 12.0 Å². The van der Waals surface area contributed by atoms with Crippen LogP contribution < -0.4 is 5.11 Å². The number of carbonyl (C=O) groups excluding carboxylic acids is 1. The minimum absolute atomic E-state index is 0.0220. The molecule has 2 atom stereocenters. The molecule has 0 spiro atoms. The van der Waals surface area contributed by atoms with E-state index < -0.39 is 18.9 Å². The number of hydrogen-bond acceptors (Lipinski definition) is 4. The van der Waals surface area contributed by atoms with Crippen molar-refractivity contribution in [2.45, 2.75) is 19.2 Å². The zero-order valence-electron chi connectivity index (χ0n) is 10.5. The van der Waals surface area contributed by atoms with Gasteiger partial charge in [-0.2, -0.15) is 0 Å². The molecule has 0 bridgehead atoms. The van der Waals surface area contributed by atoms with E-state index >= 15 is 0 Å². The van der Waals surface area contributed by atoms with E-state index in [0.29, 0.717) is 13.1 Å². The van der Waals surface area contributed by atoms with Gasteiger partial charge in [0.05, 0.1) is 0 Å². The van der Waals surface area contributed by atoms with Crippen molar-refractivity contribution in [2.75, 3.05) is 13.1 Å². The zero-order chi connectivity index (χ0) is 13.1. The van der Waals surface area contributed by atoms with Crippen molar-refractivity contribution in [2.24, 2.45) is 5.92 Å². The summed E-state index contributed by atoms with van der Waals surface area (Å²) in [5.41, 5.74) is 1.04. The van der Waals surface area contributed by atoms with Crippen molar-refractivity contribution in [1.29, 1.82) is 0 Å². The second-order valence-corrected chi connectivity index (χ2v) is 4.86. The maximum atomic E-state index is 11.3. The molecule has 1 fully saturated rings. The van der Waals surface area contributed by atoms with Crippen LogP contribution in [0, 0.1) is 5.92 Å². The molecule has 1 aliphatic rings. The first-order valence-electron chi connectivity index (χ1n) is 6.27. The highest BCUT2D eigenvalue weighted by Gasteiger charge is 2.33. The highest BCUT2D eigenvalue weighted by Crippen LogP contribution is 2.32. The fourth-order valence-corrected chi connectivity index (χ4v) is 2.65. The lowest BCUT2D eigenvalue weighted by molar-refractivity contribution is -0.313. The summed E-state index contributed by atoms with van der Waals surface area (Å²) in [6.07, 6.45) is 0.730. The smallest absolute Gasteiger partial charge is 0.376 e. The highest BCUT2D eigenvalue weighted by atomic mass is 16.4. The number of nitrogens with zero attached hydrogens (tertiary/aromatic N) is 1. The monoisotopic (exact) mass is 246 g/mol. The molecule has 18 heavy (non-hydrogen) atoms. The molecule has 0 amide bonds. The molecular weight excluding hydrogens is 229 g/mol.